The summed E-state index contributed by atoms with van der Waals surface area (Å²) in [4.78, 5) is 19.8. The van der Waals surface area contributed by atoms with E-state index in [-0.39, 0.29) is 11.9 Å². The van der Waals surface area contributed by atoms with Crippen molar-refractivity contribution in [1.82, 2.24) is 24.6 Å². The van der Waals surface area contributed by atoms with E-state index in [1.165, 1.54) is 0 Å². The molecule has 2 aromatic rings. The van der Waals surface area contributed by atoms with Crippen molar-refractivity contribution in [2.45, 2.75) is 25.4 Å². The lowest BCUT2D eigenvalue weighted by atomic mass is 10.0. The highest BCUT2D eigenvalue weighted by molar-refractivity contribution is 5.97. The lowest BCUT2D eigenvalue weighted by molar-refractivity contribution is -0.126. The van der Waals surface area contributed by atoms with Crippen LogP contribution in [0.2, 0.25) is 0 Å². The number of piperidine rings is 1. The molecular weight excluding hydrogens is 328 g/mol. The number of rotatable bonds is 4. The normalized spacial score (nSPS) is 22.7. The van der Waals surface area contributed by atoms with Crippen LogP contribution in [-0.4, -0.2) is 69.2 Å². The third-order valence-corrected chi connectivity index (χ3v) is 5.50. The minimum Gasteiger partial charge on any atom is -0.320 e. The van der Waals surface area contributed by atoms with Gasteiger partial charge >= 0.3 is 0 Å². The van der Waals surface area contributed by atoms with E-state index in [1.54, 1.807) is 6.33 Å². The predicted octanol–water partition coefficient (Wildman–Crippen LogP) is 1.13. The molecule has 1 aromatic carbocycles. The molecule has 7 heteroatoms. The Morgan fingerprint density at radius 3 is 2.54 bits per heavy atom. The van der Waals surface area contributed by atoms with Gasteiger partial charge in [-0.15, -0.1) is 10.2 Å². The Bertz CT molecular complexity index is 737. The van der Waals surface area contributed by atoms with E-state index in [0.717, 1.165) is 63.6 Å². The van der Waals surface area contributed by atoms with Crippen LogP contribution in [0.25, 0.3) is 0 Å². The van der Waals surface area contributed by atoms with E-state index >= 15 is 0 Å². The highest BCUT2D eigenvalue weighted by Crippen LogP contribution is 2.24. The van der Waals surface area contributed by atoms with E-state index in [9.17, 15) is 4.79 Å². The van der Waals surface area contributed by atoms with Gasteiger partial charge in [0.1, 0.15) is 12.2 Å². The smallest absolute Gasteiger partial charge is 0.244 e. The van der Waals surface area contributed by atoms with Gasteiger partial charge in [0.05, 0.1) is 12.6 Å². The Morgan fingerprint density at radius 2 is 1.85 bits per heavy atom. The fourth-order valence-corrected chi connectivity index (χ4v) is 3.94. The lowest BCUT2D eigenvalue weighted by Gasteiger charge is -2.42. The summed E-state index contributed by atoms with van der Waals surface area (Å²) in [5.41, 5.74) is 1.02. The third kappa shape index (κ3) is 3.50. The molecule has 2 aliphatic heterocycles. The molecule has 2 fully saturated rings. The molecule has 4 rings (SSSR count). The number of amides is 1. The second-order valence-electron chi connectivity index (χ2n) is 7.15. The van der Waals surface area contributed by atoms with Crippen LogP contribution in [-0.2, 0) is 18.4 Å². The first kappa shape index (κ1) is 17.2. The van der Waals surface area contributed by atoms with Crippen LogP contribution in [0, 0.1) is 0 Å². The zero-order chi connectivity index (χ0) is 17.9. The van der Waals surface area contributed by atoms with Gasteiger partial charge < -0.3 is 9.47 Å². The average molecular weight is 354 g/mol. The van der Waals surface area contributed by atoms with Crippen molar-refractivity contribution in [1.29, 1.82) is 0 Å². The molecule has 1 unspecified atom stereocenters. The molecule has 1 amide bonds. The molecule has 26 heavy (non-hydrogen) atoms. The first-order valence-electron chi connectivity index (χ1n) is 9.38. The molecule has 2 aliphatic rings. The van der Waals surface area contributed by atoms with Gasteiger partial charge in [-0.3, -0.25) is 14.6 Å². The summed E-state index contributed by atoms with van der Waals surface area (Å²) >= 11 is 0. The molecule has 0 N–H and O–H groups in total. The molecule has 0 aliphatic carbocycles. The molecule has 0 radical (unpaired) electrons. The monoisotopic (exact) mass is 354 g/mol. The average Bonchev–Trinajstić information content (AvgIpc) is 3.08. The summed E-state index contributed by atoms with van der Waals surface area (Å²) in [5, 5.41) is 8.12. The summed E-state index contributed by atoms with van der Waals surface area (Å²) in [6, 6.07) is 10.1. The number of anilines is 1. The molecular formula is C19H26N6O. The Morgan fingerprint density at radius 1 is 1.08 bits per heavy atom. The molecule has 138 valence electrons. The van der Waals surface area contributed by atoms with E-state index in [4.69, 9.17) is 0 Å². The van der Waals surface area contributed by atoms with Gasteiger partial charge in [0.15, 0.2) is 0 Å². The highest BCUT2D eigenvalue weighted by atomic mass is 16.2. The Balaban J connectivity index is 1.36. The highest BCUT2D eigenvalue weighted by Gasteiger charge is 2.35. The third-order valence-electron chi connectivity index (χ3n) is 5.50. The number of carbonyl (C=O) groups excluding carboxylic acids is 1. The quantitative estimate of drug-likeness (QED) is 0.824. The zero-order valence-corrected chi connectivity index (χ0v) is 15.3. The predicted molar refractivity (Wildman–Crippen MR) is 99.7 cm³/mol. The topological polar surface area (TPSA) is 57.5 Å². The largest absolute Gasteiger partial charge is 0.320 e. The van der Waals surface area contributed by atoms with Gasteiger partial charge in [0.2, 0.25) is 5.91 Å². The number of aromatic nitrogens is 3. The van der Waals surface area contributed by atoms with Crippen LogP contribution >= 0.6 is 0 Å². The standard InChI is InChI=1S/C19H26N6O/c1-22-15-20-21-18(22)14-23-10-12-24(13-11-23)17-8-5-9-25(19(17)26)16-6-3-2-4-7-16/h2-4,6-7,15,17H,5,8-14H2,1H3. The summed E-state index contributed by atoms with van der Waals surface area (Å²) in [6.45, 7) is 5.42. The van der Waals surface area contributed by atoms with Gasteiger partial charge in [-0.2, -0.15) is 0 Å². The number of para-hydroxylation sites is 1. The maximum atomic E-state index is 13.1. The van der Waals surface area contributed by atoms with E-state index in [0.29, 0.717) is 0 Å². The maximum Gasteiger partial charge on any atom is 0.244 e. The van der Waals surface area contributed by atoms with Crippen molar-refractivity contribution in [3.63, 3.8) is 0 Å². The molecule has 3 heterocycles. The fraction of sp³-hybridized carbons (Fsp3) is 0.526. The number of hydrogen-bond donors (Lipinski definition) is 0. The summed E-state index contributed by atoms with van der Waals surface area (Å²) in [5.74, 6) is 1.24. The van der Waals surface area contributed by atoms with Crippen LogP contribution in [0.4, 0.5) is 5.69 Å². The number of aryl methyl sites for hydroxylation is 1. The number of carbonyl (C=O) groups is 1. The van der Waals surface area contributed by atoms with Crippen molar-refractivity contribution in [2.75, 3.05) is 37.6 Å². The molecule has 2 saturated heterocycles. The van der Waals surface area contributed by atoms with Gasteiger partial charge in [-0.1, -0.05) is 18.2 Å². The second kappa shape index (κ2) is 7.55. The summed E-state index contributed by atoms with van der Waals surface area (Å²) in [6.07, 6.45) is 3.76. The lowest BCUT2D eigenvalue weighted by Crippen LogP contribution is -2.57. The van der Waals surface area contributed by atoms with Crippen LogP contribution in [0.1, 0.15) is 18.7 Å². The van der Waals surface area contributed by atoms with Crippen LogP contribution in [0.5, 0.6) is 0 Å². The summed E-state index contributed by atoms with van der Waals surface area (Å²) < 4.78 is 1.97. The number of piperazine rings is 1. The number of nitrogens with zero attached hydrogens (tertiary/aromatic N) is 6. The van der Waals surface area contributed by atoms with Crippen LogP contribution < -0.4 is 4.90 Å². The first-order chi connectivity index (χ1) is 12.7. The Kier molecular flexibility index (Phi) is 4.99. The summed E-state index contributed by atoms with van der Waals surface area (Å²) in [7, 11) is 1.98. The molecule has 1 atom stereocenters. The van der Waals surface area contributed by atoms with Gasteiger partial charge in [-0.25, -0.2) is 0 Å². The Labute approximate surface area is 154 Å². The first-order valence-corrected chi connectivity index (χ1v) is 9.38. The molecule has 1 aromatic heterocycles. The van der Waals surface area contributed by atoms with Gasteiger partial charge in [0, 0.05) is 45.5 Å². The van der Waals surface area contributed by atoms with Crippen LogP contribution in [0.15, 0.2) is 36.7 Å². The van der Waals surface area contributed by atoms with Crippen molar-refractivity contribution in [2.24, 2.45) is 7.05 Å². The van der Waals surface area contributed by atoms with Crippen molar-refractivity contribution < 1.29 is 4.79 Å². The van der Waals surface area contributed by atoms with Crippen molar-refractivity contribution in [3.05, 3.63) is 42.5 Å². The van der Waals surface area contributed by atoms with E-state index < -0.39 is 0 Å². The molecule has 0 spiro atoms. The minimum atomic E-state index is 0.0148. The zero-order valence-electron chi connectivity index (χ0n) is 15.3. The molecule has 0 saturated carbocycles. The SMILES string of the molecule is Cn1cnnc1CN1CCN(C2CCCN(c3ccccc3)C2=O)CC1. The number of benzene rings is 1. The minimum absolute atomic E-state index is 0.0148. The van der Waals surface area contributed by atoms with Gasteiger partial charge in [-0.05, 0) is 25.0 Å². The van der Waals surface area contributed by atoms with E-state index in [2.05, 4.69) is 20.0 Å². The van der Waals surface area contributed by atoms with Crippen molar-refractivity contribution >= 4 is 11.6 Å². The van der Waals surface area contributed by atoms with E-state index in [1.807, 2.05) is 46.8 Å². The molecule has 7 nitrogen and oxygen atoms in total. The Hall–Kier alpha value is -2.25. The fourth-order valence-electron chi connectivity index (χ4n) is 3.94. The number of hydrogen-bond acceptors (Lipinski definition) is 5. The van der Waals surface area contributed by atoms with Gasteiger partial charge in [0.25, 0.3) is 0 Å². The second-order valence-corrected chi connectivity index (χ2v) is 7.15. The molecule has 0 bridgehead atoms. The maximum absolute atomic E-state index is 13.1. The van der Waals surface area contributed by atoms with Crippen molar-refractivity contribution in [3.8, 4) is 0 Å². The van der Waals surface area contributed by atoms with Crippen LogP contribution in [0.3, 0.4) is 0 Å².